The van der Waals surface area contributed by atoms with E-state index in [1.807, 2.05) is 0 Å². The van der Waals surface area contributed by atoms with Crippen LogP contribution in [-0.4, -0.2) is 14.8 Å². The highest BCUT2D eigenvalue weighted by Crippen LogP contribution is 2.47. The van der Waals surface area contributed by atoms with E-state index < -0.39 is 8.07 Å². The molecule has 0 fully saturated rings. The Bertz CT molecular complexity index is 2290. The van der Waals surface area contributed by atoms with E-state index in [4.69, 9.17) is 9.47 Å². The van der Waals surface area contributed by atoms with Gasteiger partial charge >= 0.3 is 0 Å². The second kappa shape index (κ2) is 10.4. The maximum Gasteiger partial charge on any atom is 0.260 e. The SMILES string of the molecule is Cc1cc(N2c3ccccc3[Si](c3ccccc3)(c3ccccc3)c3ccccc32)c2c3c1Oc1ccccc1B3c1ccccc1O2. The zero-order valence-electron chi connectivity index (χ0n) is 26.4. The molecule has 3 heterocycles. The predicted octanol–water partition coefficient (Wildman–Crippen LogP) is 5.88. The Morgan fingerprint density at radius 1 is 0.479 bits per heavy atom. The lowest BCUT2D eigenvalue weighted by molar-refractivity contribution is 0.463. The van der Waals surface area contributed by atoms with Crippen LogP contribution in [0.3, 0.4) is 0 Å². The van der Waals surface area contributed by atoms with Gasteiger partial charge in [-0.3, -0.25) is 0 Å². The molecule has 0 atom stereocenters. The zero-order valence-corrected chi connectivity index (χ0v) is 27.4. The van der Waals surface area contributed by atoms with Crippen LogP contribution in [0.5, 0.6) is 23.0 Å². The van der Waals surface area contributed by atoms with Crippen LogP contribution in [0.25, 0.3) is 0 Å². The monoisotopic (exact) mass is 631 g/mol. The molecule has 3 aliphatic heterocycles. The van der Waals surface area contributed by atoms with Crippen LogP contribution < -0.4 is 51.5 Å². The number of hydrogen-bond donors (Lipinski definition) is 0. The minimum absolute atomic E-state index is 0.000862. The van der Waals surface area contributed by atoms with Crippen LogP contribution in [0.2, 0.25) is 0 Å². The topological polar surface area (TPSA) is 21.7 Å². The van der Waals surface area contributed by atoms with E-state index in [9.17, 15) is 0 Å². The number of hydrogen-bond acceptors (Lipinski definition) is 3. The Labute approximate surface area is 281 Å². The standard InChI is InChI=1S/C43H30BNO2Si/c1-29-28-36(43-41-42(29)46-37-24-12-8-20-32(37)44(41)33-21-9-13-25-38(33)47-43)45-34-22-10-14-26-39(34)48(30-16-4-2-5-17-30,31-18-6-3-7-19-31)40-27-15-11-23-35(40)45/h2-28H,1H3. The summed E-state index contributed by atoms with van der Waals surface area (Å²) in [5, 5.41) is 5.46. The Morgan fingerprint density at radius 3 is 1.50 bits per heavy atom. The molecule has 10 rings (SSSR count). The normalized spacial score (nSPS) is 14.4. The molecule has 0 saturated carbocycles. The van der Waals surface area contributed by atoms with Gasteiger partial charge in [0.25, 0.3) is 6.71 Å². The van der Waals surface area contributed by atoms with Gasteiger partial charge in [0.2, 0.25) is 0 Å². The number of para-hydroxylation sites is 4. The molecule has 0 amide bonds. The molecule has 0 aliphatic carbocycles. The molecule has 226 valence electrons. The average molecular weight is 632 g/mol. The molecule has 48 heavy (non-hydrogen) atoms. The van der Waals surface area contributed by atoms with Crippen molar-refractivity contribution in [1.29, 1.82) is 0 Å². The third kappa shape index (κ3) is 3.65. The molecule has 5 heteroatoms. The van der Waals surface area contributed by atoms with Crippen molar-refractivity contribution < 1.29 is 9.47 Å². The van der Waals surface area contributed by atoms with E-state index in [-0.39, 0.29) is 6.71 Å². The van der Waals surface area contributed by atoms with Crippen molar-refractivity contribution >= 4 is 69.0 Å². The molecular formula is C43H30BNO2Si. The zero-order chi connectivity index (χ0) is 31.8. The van der Waals surface area contributed by atoms with Gasteiger partial charge in [-0.25, -0.2) is 0 Å². The van der Waals surface area contributed by atoms with Crippen molar-refractivity contribution in [3.05, 3.63) is 169 Å². The first-order valence-electron chi connectivity index (χ1n) is 16.6. The minimum atomic E-state index is -2.73. The number of aryl methyl sites for hydroxylation is 1. The lowest BCUT2D eigenvalue weighted by Gasteiger charge is -2.46. The first-order chi connectivity index (χ1) is 23.7. The van der Waals surface area contributed by atoms with Gasteiger partial charge in [0.05, 0.1) is 5.69 Å². The summed E-state index contributed by atoms with van der Waals surface area (Å²) in [6.07, 6.45) is 0. The van der Waals surface area contributed by atoms with Crippen molar-refractivity contribution in [2.75, 3.05) is 4.90 Å². The quantitative estimate of drug-likeness (QED) is 0.228. The maximum absolute atomic E-state index is 7.02. The van der Waals surface area contributed by atoms with Crippen molar-refractivity contribution in [1.82, 2.24) is 0 Å². The first kappa shape index (κ1) is 27.3. The molecule has 0 aromatic heterocycles. The molecule has 0 spiro atoms. The Kier molecular flexibility index (Phi) is 5.90. The van der Waals surface area contributed by atoms with E-state index >= 15 is 0 Å². The van der Waals surface area contributed by atoms with Crippen LogP contribution in [0.15, 0.2) is 164 Å². The predicted molar refractivity (Wildman–Crippen MR) is 201 cm³/mol. The van der Waals surface area contributed by atoms with Gasteiger partial charge in [0.15, 0.2) is 8.07 Å². The fraction of sp³-hybridized carbons (Fsp3) is 0.0233. The number of fused-ring (bicyclic) bond motifs is 6. The third-order valence-corrected chi connectivity index (χ3v) is 15.2. The fourth-order valence-electron chi connectivity index (χ4n) is 8.45. The third-order valence-electron chi connectivity index (χ3n) is 10.4. The Hall–Kier alpha value is -5.78. The molecule has 0 radical (unpaired) electrons. The second-order valence-electron chi connectivity index (χ2n) is 12.8. The Balaban J connectivity index is 1.30. The van der Waals surface area contributed by atoms with Gasteiger partial charge in [0, 0.05) is 16.8 Å². The lowest BCUT2D eigenvalue weighted by atomic mass is 9.34. The van der Waals surface area contributed by atoms with Crippen molar-refractivity contribution in [3.63, 3.8) is 0 Å². The molecular weight excluding hydrogens is 601 g/mol. The smallest absolute Gasteiger partial charge is 0.260 e. The number of benzene rings is 7. The van der Waals surface area contributed by atoms with Gasteiger partial charge in [-0.05, 0) is 74.5 Å². The van der Waals surface area contributed by atoms with Crippen molar-refractivity contribution in [2.24, 2.45) is 0 Å². The van der Waals surface area contributed by atoms with Crippen LogP contribution >= 0.6 is 0 Å². The van der Waals surface area contributed by atoms with Gasteiger partial charge in [-0.2, -0.15) is 0 Å². The van der Waals surface area contributed by atoms with Crippen LogP contribution in [0.4, 0.5) is 17.1 Å². The highest BCUT2D eigenvalue weighted by Gasteiger charge is 2.50. The lowest BCUT2D eigenvalue weighted by Crippen LogP contribution is -2.77. The van der Waals surface area contributed by atoms with Crippen LogP contribution in [0.1, 0.15) is 5.56 Å². The highest BCUT2D eigenvalue weighted by molar-refractivity contribution is 7.21. The molecule has 7 aromatic carbocycles. The summed E-state index contributed by atoms with van der Waals surface area (Å²) in [7, 11) is -2.73. The highest BCUT2D eigenvalue weighted by atomic mass is 28.3. The fourth-order valence-corrected chi connectivity index (χ4v) is 13.6. The van der Waals surface area contributed by atoms with Gasteiger partial charge < -0.3 is 14.4 Å². The van der Waals surface area contributed by atoms with E-state index in [0.29, 0.717) is 0 Å². The number of ether oxygens (including phenoxy) is 2. The summed E-state index contributed by atoms with van der Waals surface area (Å²) in [6.45, 7) is 2.17. The summed E-state index contributed by atoms with van der Waals surface area (Å²) >= 11 is 0. The first-order valence-corrected chi connectivity index (χ1v) is 18.6. The minimum Gasteiger partial charge on any atom is -0.458 e. The molecule has 3 aliphatic rings. The second-order valence-corrected chi connectivity index (χ2v) is 16.6. The largest absolute Gasteiger partial charge is 0.458 e. The van der Waals surface area contributed by atoms with Gasteiger partial charge in [-0.15, -0.1) is 0 Å². The van der Waals surface area contributed by atoms with E-state index in [1.165, 1.54) is 32.1 Å². The molecule has 0 unspecified atom stereocenters. The summed E-state index contributed by atoms with van der Waals surface area (Å²) < 4.78 is 13.7. The van der Waals surface area contributed by atoms with Crippen LogP contribution in [0, 0.1) is 6.92 Å². The van der Waals surface area contributed by atoms with Crippen molar-refractivity contribution in [3.8, 4) is 23.0 Å². The van der Waals surface area contributed by atoms with Gasteiger partial charge in [-0.1, -0.05) is 133 Å². The number of nitrogens with zero attached hydrogens (tertiary/aromatic N) is 1. The van der Waals surface area contributed by atoms with E-state index in [2.05, 4.69) is 176 Å². The van der Waals surface area contributed by atoms with Gasteiger partial charge in [0.1, 0.15) is 23.0 Å². The molecule has 3 nitrogen and oxygen atoms in total. The van der Waals surface area contributed by atoms with Crippen LogP contribution in [-0.2, 0) is 0 Å². The average Bonchev–Trinajstić information content (AvgIpc) is 3.15. The molecule has 0 saturated heterocycles. The summed E-state index contributed by atoms with van der Waals surface area (Å²) in [4.78, 5) is 2.45. The molecule has 7 aromatic rings. The number of anilines is 3. The molecule has 0 N–H and O–H groups in total. The van der Waals surface area contributed by atoms with E-state index in [1.54, 1.807) is 0 Å². The summed E-state index contributed by atoms with van der Waals surface area (Å²) in [5.74, 6) is 3.54. The Morgan fingerprint density at radius 2 is 0.938 bits per heavy atom. The summed E-state index contributed by atoms with van der Waals surface area (Å²) in [6, 6.07) is 59.5. The van der Waals surface area contributed by atoms with Crippen molar-refractivity contribution in [2.45, 2.75) is 6.92 Å². The molecule has 0 bridgehead atoms. The summed E-state index contributed by atoms with van der Waals surface area (Å²) in [5.41, 5.74) is 7.90. The number of rotatable bonds is 3. The van der Waals surface area contributed by atoms with E-state index in [0.717, 1.165) is 50.6 Å². The maximum atomic E-state index is 7.02.